The first-order valence-corrected chi connectivity index (χ1v) is 6.53. The molecule has 1 aromatic heterocycles. The highest BCUT2D eigenvalue weighted by molar-refractivity contribution is 5.80. The van der Waals surface area contributed by atoms with Crippen molar-refractivity contribution in [2.75, 3.05) is 20.0 Å². The lowest BCUT2D eigenvalue weighted by Gasteiger charge is -2.16. The smallest absolute Gasteiger partial charge is 0.129 e. The van der Waals surface area contributed by atoms with Crippen molar-refractivity contribution >= 4 is 5.82 Å². The number of methoxy groups -OCH3 is 2. The Morgan fingerprint density at radius 2 is 1.75 bits per heavy atom. The third kappa shape index (κ3) is 2.31. The van der Waals surface area contributed by atoms with Gasteiger partial charge in [-0.25, -0.2) is 0 Å². The minimum atomic E-state index is 0.346. The van der Waals surface area contributed by atoms with Gasteiger partial charge in [-0.05, 0) is 18.1 Å². The van der Waals surface area contributed by atoms with Crippen molar-refractivity contribution in [3.8, 4) is 22.6 Å². The van der Waals surface area contributed by atoms with E-state index in [1.807, 2.05) is 19.2 Å². The molecule has 0 unspecified atom stereocenters. The quantitative estimate of drug-likeness (QED) is 0.932. The summed E-state index contributed by atoms with van der Waals surface area (Å²) in [6.45, 7) is 4.24. The largest absolute Gasteiger partial charge is 0.496 e. The maximum atomic E-state index is 6.05. The molecule has 5 heteroatoms. The number of hydrogen-bond acceptors (Lipinski definition) is 4. The van der Waals surface area contributed by atoms with Gasteiger partial charge >= 0.3 is 0 Å². The van der Waals surface area contributed by atoms with Gasteiger partial charge in [0.1, 0.15) is 17.3 Å². The van der Waals surface area contributed by atoms with Crippen LogP contribution in [0.15, 0.2) is 18.3 Å². The molecule has 108 valence electrons. The Hall–Kier alpha value is -2.17. The van der Waals surface area contributed by atoms with E-state index >= 15 is 0 Å². The molecule has 0 aliphatic heterocycles. The second-order valence-electron chi connectivity index (χ2n) is 5.02. The van der Waals surface area contributed by atoms with E-state index in [1.54, 1.807) is 25.1 Å². The standard InChI is InChI=1S/C15H21N3O2/c1-9(2)10-6-14(20-5)11(7-13(10)19-4)12-8-17-18(3)15(12)16/h6-9H,16H2,1-5H3. The number of nitrogens with zero attached hydrogens (tertiary/aromatic N) is 2. The number of nitrogen functional groups attached to an aromatic ring is 1. The summed E-state index contributed by atoms with van der Waals surface area (Å²) in [5.74, 6) is 2.55. The van der Waals surface area contributed by atoms with Crippen LogP contribution >= 0.6 is 0 Å². The van der Waals surface area contributed by atoms with Crippen molar-refractivity contribution in [1.29, 1.82) is 0 Å². The van der Waals surface area contributed by atoms with Gasteiger partial charge in [0.25, 0.3) is 0 Å². The van der Waals surface area contributed by atoms with Crippen molar-refractivity contribution in [2.45, 2.75) is 19.8 Å². The molecule has 1 heterocycles. The molecular formula is C15H21N3O2. The van der Waals surface area contributed by atoms with Crippen LogP contribution < -0.4 is 15.2 Å². The Balaban J connectivity index is 2.67. The molecule has 2 N–H and O–H groups in total. The molecule has 0 radical (unpaired) electrons. The van der Waals surface area contributed by atoms with Crippen molar-refractivity contribution in [3.05, 3.63) is 23.9 Å². The molecular weight excluding hydrogens is 254 g/mol. The Morgan fingerprint density at radius 1 is 1.10 bits per heavy atom. The lowest BCUT2D eigenvalue weighted by molar-refractivity contribution is 0.398. The van der Waals surface area contributed by atoms with Crippen molar-refractivity contribution < 1.29 is 9.47 Å². The highest BCUT2D eigenvalue weighted by Gasteiger charge is 2.18. The summed E-state index contributed by atoms with van der Waals surface area (Å²) in [5, 5.41) is 4.18. The Bertz CT molecular complexity index is 618. The average Bonchev–Trinajstić information content (AvgIpc) is 2.77. The van der Waals surface area contributed by atoms with Crippen molar-refractivity contribution in [1.82, 2.24) is 9.78 Å². The van der Waals surface area contributed by atoms with Crippen molar-refractivity contribution in [3.63, 3.8) is 0 Å². The topological polar surface area (TPSA) is 62.3 Å². The van der Waals surface area contributed by atoms with Gasteiger partial charge in [-0.2, -0.15) is 5.10 Å². The fraction of sp³-hybridized carbons (Fsp3) is 0.400. The molecule has 0 fully saturated rings. The Kier molecular flexibility index (Phi) is 3.88. The van der Waals surface area contributed by atoms with Gasteiger partial charge in [0.15, 0.2) is 0 Å². The maximum absolute atomic E-state index is 6.05. The van der Waals surface area contributed by atoms with Crippen molar-refractivity contribution in [2.24, 2.45) is 7.05 Å². The van der Waals surface area contributed by atoms with Crippen LogP contribution in [0.25, 0.3) is 11.1 Å². The number of aromatic nitrogens is 2. The zero-order valence-corrected chi connectivity index (χ0v) is 12.6. The van der Waals surface area contributed by atoms with Gasteiger partial charge in [0.05, 0.1) is 20.4 Å². The van der Waals surface area contributed by atoms with Gasteiger partial charge in [-0.15, -0.1) is 0 Å². The monoisotopic (exact) mass is 275 g/mol. The molecule has 0 saturated heterocycles. The van der Waals surface area contributed by atoms with E-state index in [9.17, 15) is 0 Å². The summed E-state index contributed by atoms with van der Waals surface area (Å²) in [6, 6.07) is 3.97. The predicted molar refractivity (Wildman–Crippen MR) is 80.2 cm³/mol. The number of aryl methyl sites for hydroxylation is 1. The van der Waals surface area contributed by atoms with Crippen LogP contribution in [0.5, 0.6) is 11.5 Å². The number of ether oxygens (including phenoxy) is 2. The number of nitrogens with two attached hydrogens (primary N) is 1. The van der Waals surface area contributed by atoms with Crippen LogP contribution in [0.1, 0.15) is 25.3 Å². The third-order valence-electron chi connectivity index (χ3n) is 3.45. The fourth-order valence-corrected chi connectivity index (χ4v) is 2.24. The first-order valence-electron chi connectivity index (χ1n) is 6.53. The molecule has 2 rings (SSSR count). The van der Waals surface area contributed by atoms with Gasteiger partial charge < -0.3 is 15.2 Å². The predicted octanol–water partition coefficient (Wildman–Crippen LogP) is 2.81. The molecule has 0 bridgehead atoms. The molecule has 20 heavy (non-hydrogen) atoms. The van der Waals surface area contributed by atoms with E-state index in [4.69, 9.17) is 15.2 Å². The molecule has 0 aliphatic rings. The normalized spacial score (nSPS) is 10.9. The molecule has 5 nitrogen and oxygen atoms in total. The zero-order valence-electron chi connectivity index (χ0n) is 12.6. The molecule has 0 amide bonds. The number of benzene rings is 1. The lowest BCUT2D eigenvalue weighted by atomic mass is 9.97. The highest BCUT2D eigenvalue weighted by Crippen LogP contribution is 2.40. The molecule has 1 aromatic carbocycles. The number of hydrogen-bond donors (Lipinski definition) is 1. The number of rotatable bonds is 4. The van der Waals surface area contributed by atoms with E-state index in [0.717, 1.165) is 28.2 Å². The third-order valence-corrected chi connectivity index (χ3v) is 3.45. The molecule has 0 atom stereocenters. The Morgan fingerprint density at radius 3 is 2.20 bits per heavy atom. The zero-order chi connectivity index (χ0) is 14.9. The molecule has 0 saturated carbocycles. The maximum Gasteiger partial charge on any atom is 0.129 e. The molecule has 0 aliphatic carbocycles. The lowest BCUT2D eigenvalue weighted by Crippen LogP contribution is -2.00. The average molecular weight is 275 g/mol. The summed E-state index contributed by atoms with van der Waals surface area (Å²) in [5.41, 5.74) is 8.89. The summed E-state index contributed by atoms with van der Waals surface area (Å²) in [6.07, 6.45) is 1.74. The summed E-state index contributed by atoms with van der Waals surface area (Å²) >= 11 is 0. The SMILES string of the molecule is COc1cc(C(C)C)c(OC)cc1-c1cnn(C)c1N. The second-order valence-corrected chi connectivity index (χ2v) is 5.02. The van der Waals surface area contributed by atoms with E-state index < -0.39 is 0 Å². The van der Waals surface area contributed by atoms with E-state index in [0.29, 0.717) is 11.7 Å². The van der Waals surface area contributed by atoms with E-state index in [2.05, 4.69) is 18.9 Å². The fourth-order valence-electron chi connectivity index (χ4n) is 2.24. The first kappa shape index (κ1) is 14.2. The Labute approximate surface area is 119 Å². The van der Waals surface area contributed by atoms with Gasteiger partial charge in [0, 0.05) is 23.7 Å². The molecule has 2 aromatic rings. The summed E-state index contributed by atoms with van der Waals surface area (Å²) in [7, 11) is 5.14. The minimum absolute atomic E-state index is 0.346. The minimum Gasteiger partial charge on any atom is -0.496 e. The molecule has 0 spiro atoms. The van der Waals surface area contributed by atoms with Crippen LogP contribution in [-0.4, -0.2) is 24.0 Å². The van der Waals surface area contributed by atoms with Gasteiger partial charge in [0.2, 0.25) is 0 Å². The summed E-state index contributed by atoms with van der Waals surface area (Å²) < 4.78 is 12.6. The van der Waals surface area contributed by atoms with Crippen LogP contribution in [-0.2, 0) is 7.05 Å². The van der Waals surface area contributed by atoms with Crippen LogP contribution in [0, 0.1) is 0 Å². The first-order chi connectivity index (χ1) is 9.49. The number of anilines is 1. The van der Waals surface area contributed by atoms with Crippen LogP contribution in [0.3, 0.4) is 0 Å². The van der Waals surface area contributed by atoms with Gasteiger partial charge in [-0.3, -0.25) is 4.68 Å². The van der Waals surface area contributed by atoms with E-state index in [1.165, 1.54) is 0 Å². The highest BCUT2D eigenvalue weighted by atomic mass is 16.5. The van der Waals surface area contributed by atoms with Gasteiger partial charge in [-0.1, -0.05) is 13.8 Å². The summed E-state index contributed by atoms with van der Waals surface area (Å²) in [4.78, 5) is 0. The second kappa shape index (κ2) is 5.45. The van der Waals surface area contributed by atoms with Crippen LogP contribution in [0.2, 0.25) is 0 Å². The van der Waals surface area contributed by atoms with Crippen LogP contribution in [0.4, 0.5) is 5.82 Å². The van der Waals surface area contributed by atoms with E-state index in [-0.39, 0.29) is 0 Å².